The lowest BCUT2D eigenvalue weighted by Gasteiger charge is -2.19. The maximum absolute atomic E-state index is 12.2. The third-order valence-electron chi connectivity index (χ3n) is 3.51. The smallest absolute Gasteiger partial charge is 0.255 e. The average molecular weight is 266 g/mol. The summed E-state index contributed by atoms with van der Waals surface area (Å²) in [5, 5.41) is 3.02. The number of furan rings is 1. The first-order chi connectivity index (χ1) is 8.63. The topological polar surface area (TPSA) is 68.3 Å². The maximum atomic E-state index is 12.2. The molecule has 1 aromatic heterocycles. The van der Waals surface area contributed by atoms with Gasteiger partial charge in [-0.05, 0) is 18.9 Å². The van der Waals surface area contributed by atoms with E-state index >= 15 is 0 Å². The Bertz CT molecular complexity index is 456. The van der Waals surface area contributed by atoms with Gasteiger partial charge in [0.25, 0.3) is 5.91 Å². The van der Waals surface area contributed by atoms with Crippen LogP contribution in [0.1, 0.15) is 42.3 Å². The molecule has 98 valence electrons. The highest BCUT2D eigenvalue weighted by molar-refractivity contribution is 7.80. The SMILES string of the molecule is CCc1occc1C(=O)NC1CCCC1C(N)=S. The molecule has 5 heteroatoms. The lowest BCUT2D eigenvalue weighted by Crippen LogP contribution is -2.41. The van der Waals surface area contributed by atoms with Crippen LogP contribution in [0.3, 0.4) is 0 Å². The van der Waals surface area contributed by atoms with Crippen molar-refractivity contribution in [2.45, 2.75) is 38.6 Å². The van der Waals surface area contributed by atoms with E-state index in [1.165, 1.54) is 0 Å². The molecule has 0 aliphatic heterocycles. The number of thiocarbonyl (C=S) groups is 1. The highest BCUT2D eigenvalue weighted by Gasteiger charge is 2.31. The second kappa shape index (κ2) is 5.52. The van der Waals surface area contributed by atoms with Crippen molar-refractivity contribution in [2.24, 2.45) is 11.7 Å². The van der Waals surface area contributed by atoms with Gasteiger partial charge in [-0.15, -0.1) is 0 Å². The average Bonchev–Trinajstić information content (AvgIpc) is 2.96. The van der Waals surface area contributed by atoms with E-state index in [2.05, 4.69) is 5.32 Å². The largest absolute Gasteiger partial charge is 0.469 e. The summed E-state index contributed by atoms with van der Waals surface area (Å²) in [6.45, 7) is 1.96. The molecule has 4 nitrogen and oxygen atoms in total. The van der Waals surface area contributed by atoms with Gasteiger partial charge < -0.3 is 15.5 Å². The molecule has 0 bridgehead atoms. The van der Waals surface area contributed by atoms with Crippen molar-refractivity contribution >= 4 is 23.1 Å². The second-order valence-electron chi connectivity index (χ2n) is 4.63. The van der Waals surface area contributed by atoms with Crippen molar-refractivity contribution in [2.75, 3.05) is 0 Å². The van der Waals surface area contributed by atoms with Crippen LogP contribution in [0.15, 0.2) is 16.7 Å². The summed E-state index contributed by atoms with van der Waals surface area (Å²) in [6, 6.07) is 1.77. The summed E-state index contributed by atoms with van der Waals surface area (Å²) in [6.07, 6.45) is 5.21. The number of nitrogens with one attached hydrogen (secondary N) is 1. The molecule has 2 unspecified atom stereocenters. The predicted octanol–water partition coefficient (Wildman–Crippen LogP) is 2.03. The minimum Gasteiger partial charge on any atom is -0.469 e. The third kappa shape index (κ3) is 2.56. The zero-order chi connectivity index (χ0) is 13.1. The molecule has 0 spiro atoms. The lowest BCUT2D eigenvalue weighted by molar-refractivity contribution is 0.0932. The Labute approximate surface area is 112 Å². The Morgan fingerprint density at radius 2 is 2.39 bits per heavy atom. The van der Waals surface area contributed by atoms with Crippen LogP contribution in [0.2, 0.25) is 0 Å². The fraction of sp³-hybridized carbons (Fsp3) is 0.538. The van der Waals surface area contributed by atoms with E-state index in [0.29, 0.717) is 17.0 Å². The fourth-order valence-corrected chi connectivity index (χ4v) is 2.82. The number of amides is 1. The minimum atomic E-state index is -0.0891. The van der Waals surface area contributed by atoms with Crippen LogP contribution in [0.4, 0.5) is 0 Å². The van der Waals surface area contributed by atoms with Gasteiger partial charge in [-0.25, -0.2) is 0 Å². The van der Waals surface area contributed by atoms with Crippen molar-refractivity contribution in [3.8, 4) is 0 Å². The first-order valence-corrected chi connectivity index (χ1v) is 6.70. The van der Waals surface area contributed by atoms with E-state index in [0.717, 1.165) is 25.0 Å². The van der Waals surface area contributed by atoms with Gasteiger partial charge in [-0.3, -0.25) is 4.79 Å². The molecular weight excluding hydrogens is 248 g/mol. The van der Waals surface area contributed by atoms with Gasteiger partial charge in [0.05, 0.1) is 16.8 Å². The Morgan fingerprint density at radius 1 is 1.61 bits per heavy atom. The Kier molecular flexibility index (Phi) is 4.01. The molecule has 1 aromatic rings. The van der Waals surface area contributed by atoms with E-state index in [-0.39, 0.29) is 17.9 Å². The Hall–Kier alpha value is -1.36. The van der Waals surface area contributed by atoms with Crippen LogP contribution < -0.4 is 11.1 Å². The van der Waals surface area contributed by atoms with Crippen LogP contribution in [0.5, 0.6) is 0 Å². The van der Waals surface area contributed by atoms with Gasteiger partial charge in [0.15, 0.2) is 0 Å². The number of carbonyl (C=O) groups is 1. The quantitative estimate of drug-likeness (QED) is 0.818. The molecule has 1 aliphatic carbocycles. The number of carbonyl (C=O) groups excluding carboxylic acids is 1. The first kappa shape index (κ1) is 13.1. The van der Waals surface area contributed by atoms with Crippen LogP contribution in [0.25, 0.3) is 0 Å². The van der Waals surface area contributed by atoms with Crippen molar-refractivity contribution < 1.29 is 9.21 Å². The van der Waals surface area contributed by atoms with Crippen molar-refractivity contribution in [1.29, 1.82) is 0 Å². The minimum absolute atomic E-state index is 0.0645. The summed E-state index contributed by atoms with van der Waals surface area (Å²) in [5.41, 5.74) is 6.32. The molecule has 1 saturated carbocycles. The number of rotatable bonds is 4. The van der Waals surface area contributed by atoms with Crippen molar-refractivity contribution in [1.82, 2.24) is 5.32 Å². The molecule has 2 rings (SSSR count). The summed E-state index contributed by atoms with van der Waals surface area (Å²) in [4.78, 5) is 12.7. The number of aryl methyl sites for hydroxylation is 1. The maximum Gasteiger partial charge on any atom is 0.255 e. The zero-order valence-corrected chi connectivity index (χ0v) is 11.3. The van der Waals surface area contributed by atoms with E-state index in [1.807, 2.05) is 6.92 Å². The van der Waals surface area contributed by atoms with Crippen LogP contribution in [0, 0.1) is 5.92 Å². The number of nitrogens with two attached hydrogens (primary N) is 1. The lowest BCUT2D eigenvalue weighted by atomic mass is 10.0. The standard InChI is InChI=1S/C13H18N2O2S/c1-2-11-9(6-7-17-11)13(16)15-10-5-3-4-8(10)12(14)18/h6-8,10H,2-5H2,1H3,(H2,14,18)(H,15,16). The molecule has 0 aromatic carbocycles. The number of hydrogen-bond donors (Lipinski definition) is 2. The summed E-state index contributed by atoms with van der Waals surface area (Å²) < 4.78 is 5.26. The summed E-state index contributed by atoms with van der Waals surface area (Å²) >= 11 is 5.04. The third-order valence-corrected chi connectivity index (χ3v) is 3.81. The second-order valence-corrected chi connectivity index (χ2v) is 5.10. The van der Waals surface area contributed by atoms with E-state index in [4.69, 9.17) is 22.4 Å². The van der Waals surface area contributed by atoms with Gasteiger partial charge in [0.2, 0.25) is 0 Å². The summed E-state index contributed by atoms with van der Waals surface area (Å²) in [5.74, 6) is 0.757. The van der Waals surface area contributed by atoms with Crippen molar-refractivity contribution in [3.63, 3.8) is 0 Å². The van der Waals surface area contributed by atoms with E-state index < -0.39 is 0 Å². The molecule has 18 heavy (non-hydrogen) atoms. The first-order valence-electron chi connectivity index (χ1n) is 6.30. The van der Waals surface area contributed by atoms with Crippen LogP contribution >= 0.6 is 12.2 Å². The van der Waals surface area contributed by atoms with Crippen LogP contribution in [-0.4, -0.2) is 16.9 Å². The highest BCUT2D eigenvalue weighted by atomic mass is 32.1. The molecule has 1 fully saturated rings. The molecular formula is C13H18N2O2S. The van der Waals surface area contributed by atoms with Crippen molar-refractivity contribution in [3.05, 3.63) is 23.7 Å². The van der Waals surface area contributed by atoms with E-state index in [1.54, 1.807) is 12.3 Å². The summed E-state index contributed by atoms with van der Waals surface area (Å²) in [7, 11) is 0. The van der Waals surface area contributed by atoms with Crippen LogP contribution in [-0.2, 0) is 6.42 Å². The van der Waals surface area contributed by atoms with Gasteiger partial charge in [0.1, 0.15) is 5.76 Å². The highest BCUT2D eigenvalue weighted by Crippen LogP contribution is 2.26. The molecule has 0 saturated heterocycles. The normalized spacial score (nSPS) is 22.9. The zero-order valence-electron chi connectivity index (χ0n) is 10.4. The Morgan fingerprint density at radius 3 is 3.06 bits per heavy atom. The molecule has 1 heterocycles. The van der Waals surface area contributed by atoms with Gasteiger partial charge in [-0.1, -0.05) is 25.6 Å². The predicted molar refractivity (Wildman–Crippen MR) is 73.5 cm³/mol. The van der Waals surface area contributed by atoms with Gasteiger partial charge in [-0.2, -0.15) is 0 Å². The molecule has 0 radical (unpaired) electrons. The Balaban J connectivity index is 2.05. The number of hydrogen-bond acceptors (Lipinski definition) is 3. The fourth-order valence-electron chi connectivity index (χ4n) is 2.54. The molecule has 1 aliphatic rings. The molecule has 1 amide bonds. The molecule has 3 N–H and O–H groups in total. The van der Waals surface area contributed by atoms with Gasteiger partial charge >= 0.3 is 0 Å². The van der Waals surface area contributed by atoms with Gasteiger partial charge in [0, 0.05) is 18.4 Å². The molecule has 2 atom stereocenters. The monoisotopic (exact) mass is 266 g/mol. The van der Waals surface area contributed by atoms with E-state index in [9.17, 15) is 4.79 Å².